The zero-order valence-corrected chi connectivity index (χ0v) is 9.70. The molecule has 0 aliphatic heterocycles. The molecule has 0 radical (unpaired) electrons. The number of benzene rings is 1. The molecule has 1 aromatic rings. The second-order valence-corrected chi connectivity index (χ2v) is 4.30. The summed E-state index contributed by atoms with van der Waals surface area (Å²) in [6.45, 7) is 4.32. The van der Waals surface area contributed by atoms with E-state index in [9.17, 15) is 4.79 Å². The molecule has 0 amide bonds. The van der Waals surface area contributed by atoms with Crippen LogP contribution in [0.1, 0.15) is 38.7 Å². The highest BCUT2D eigenvalue weighted by Gasteiger charge is 2.08. The molecule has 1 aromatic carbocycles. The topological polar surface area (TPSA) is 17.1 Å². The summed E-state index contributed by atoms with van der Waals surface area (Å²) in [6.07, 6.45) is 3.64. The van der Waals surface area contributed by atoms with Crippen molar-refractivity contribution in [1.82, 2.24) is 0 Å². The van der Waals surface area contributed by atoms with Gasteiger partial charge in [-0.1, -0.05) is 57.0 Å². The predicted molar refractivity (Wildman–Crippen MR) is 63.8 cm³/mol. The van der Waals surface area contributed by atoms with Crippen molar-refractivity contribution < 1.29 is 4.79 Å². The van der Waals surface area contributed by atoms with Gasteiger partial charge in [-0.3, -0.25) is 4.79 Å². The standard InChI is InChI=1S/C14H20O/c1-3-7-12(2)10-14(15)11-13-8-5-4-6-9-13/h4-6,8-9,12H,3,7,10-11H2,1-2H3. The van der Waals surface area contributed by atoms with Crippen molar-refractivity contribution in [2.75, 3.05) is 0 Å². The van der Waals surface area contributed by atoms with Gasteiger partial charge in [-0.2, -0.15) is 0 Å². The molecule has 1 heteroatoms. The van der Waals surface area contributed by atoms with Crippen LogP contribution in [-0.2, 0) is 11.2 Å². The van der Waals surface area contributed by atoms with E-state index in [2.05, 4.69) is 13.8 Å². The second kappa shape index (κ2) is 6.39. The molecule has 0 saturated carbocycles. The van der Waals surface area contributed by atoms with Crippen molar-refractivity contribution in [3.8, 4) is 0 Å². The van der Waals surface area contributed by atoms with E-state index >= 15 is 0 Å². The van der Waals surface area contributed by atoms with Gasteiger partial charge in [0.2, 0.25) is 0 Å². The first kappa shape index (κ1) is 12.0. The van der Waals surface area contributed by atoms with Crippen molar-refractivity contribution in [2.24, 2.45) is 5.92 Å². The lowest BCUT2D eigenvalue weighted by Crippen LogP contribution is -2.08. The molecule has 0 bridgehead atoms. The minimum absolute atomic E-state index is 0.363. The second-order valence-electron chi connectivity index (χ2n) is 4.30. The van der Waals surface area contributed by atoms with Crippen LogP contribution in [0.25, 0.3) is 0 Å². The molecule has 0 aliphatic carbocycles. The minimum atomic E-state index is 0.363. The number of hydrogen-bond acceptors (Lipinski definition) is 1. The average Bonchev–Trinajstić information content (AvgIpc) is 2.19. The summed E-state index contributed by atoms with van der Waals surface area (Å²) in [4.78, 5) is 11.7. The number of rotatable bonds is 6. The fraction of sp³-hybridized carbons (Fsp3) is 0.500. The highest BCUT2D eigenvalue weighted by atomic mass is 16.1. The van der Waals surface area contributed by atoms with Crippen LogP contribution in [0.4, 0.5) is 0 Å². The smallest absolute Gasteiger partial charge is 0.137 e. The van der Waals surface area contributed by atoms with E-state index in [4.69, 9.17) is 0 Å². The molecule has 0 aromatic heterocycles. The molecule has 0 heterocycles. The van der Waals surface area contributed by atoms with E-state index in [0.29, 0.717) is 18.1 Å². The summed E-state index contributed by atoms with van der Waals surface area (Å²) in [5, 5.41) is 0. The third kappa shape index (κ3) is 4.78. The molecule has 82 valence electrons. The monoisotopic (exact) mass is 204 g/mol. The fourth-order valence-corrected chi connectivity index (χ4v) is 1.88. The maximum atomic E-state index is 11.7. The van der Waals surface area contributed by atoms with Crippen LogP contribution in [0.5, 0.6) is 0 Å². The number of carbonyl (C=O) groups is 1. The summed E-state index contributed by atoms with van der Waals surface area (Å²) in [5.41, 5.74) is 1.13. The highest BCUT2D eigenvalue weighted by molar-refractivity contribution is 5.81. The minimum Gasteiger partial charge on any atom is -0.299 e. The van der Waals surface area contributed by atoms with Gasteiger partial charge in [-0.05, 0) is 11.5 Å². The fourth-order valence-electron chi connectivity index (χ4n) is 1.88. The molecule has 1 nitrogen and oxygen atoms in total. The van der Waals surface area contributed by atoms with Crippen LogP contribution in [-0.4, -0.2) is 5.78 Å². The van der Waals surface area contributed by atoms with Gasteiger partial charge < -0.3 is 0 Å². The maximum absolute atomic E-state index is 11.7. The van der Waals surface area contributed by atoms with Crippen molar-refractivity contribution in [2.45, 2.75) is 39.5 Å². The predicted octanol–water partition coefficient (Wildman–Crippen LogP) is 3.62. The first-order valence-electron chi connectivity index (χ1n) is 5.78. The summed E-state index contributed by atoms with van der Waals surface area (Å²) in [7, 11) is 0. The summed E-state index contributed by atoms with van der Waals surface area (Å²) in [5.74, 6) is 0.897. The molecule has 0 N–H and O–H groups in total. The molecule has 1 unspecified atom stereocenters. The zero-order valence-electron chi connectivity index (χ0n) is 9.70. The maximum Gasteiger partial charge on any atom is 0.137 e. The molecule has 1 rings (SSSR count). The Morgan fingerprint density at radius 1 is 1.27 bits per heavy atom. The van der Waals surface area contributed by atoms with Crippen molar-refractivity contribution in [1.29, 1.82) is 0 Å². The lowest BCUT2D eigenvalue weighted by molar-refractivity contribution is -0.119. The van der Waals surface area contributed by atoms with Crippen molar-refractivity contribution in [3.05, 3.63) is 35.9 Å². The van der Waals surface area contributed by atoms with Gasteiger partial charge in [-0.15, -0.1) is 0 Å². The van der Waals surface area contributed by atoms with Gasteiger partial charge >= 0.3 is 0 Å². The van der Waals surface area contributed by atoms with Crippen LogP contribution in [0, 0.1) is 5.92 Å². The van der Waals surface area contributed by atoms with Gasteiger partial charge in [-0.25, -0.2) is 0 Å². The number of hydrogen-bond donors (Lipinski definition) is 0. The largest absolute Gasteiger partial charge is 0.299 e. The van der Waals surface area contributed by atoms with Gasteiger partial charge in [0.1, 0.15) is 5.78 Å². The van der Waals surface area contributed by atoms with E-state index in [1.54, 1.807) is 0 Å². The van der Waals surface area contributed by atoms with Gasteiger partial charge in [0.25, 0.3) is 0 Å². The Kier molecular flexibility index (Phi) is 5.09. The average molecular weight is 204 g/mol. The van der Waals surface area contributed by atoms with Crippen LogP contribution < -0.4 is 0 Å². The lowest BCUT2D eigenvalue weighted by atomic mass is 9.96. The summed E-state index contributed by atoms with van der Waals surface area (Å²) in [6, 6.07) is 9.98. The Labute approximate surface area is 92.5 Å². The lowest BCUT2D eigenvalue weighted by Gasteiger charge is -2.08. The molecular formula is C14H20O. The van der Waals surface area contributed by atoms with Gasteiger partial charge in [0.05, 0.1) is 0 Å². The number of Topliss-reactive ketones (excluding diaryl/α,β-unsaturated/α-hetero) is 1. The molecule has 1 atom stereocenters. The first-order valence-corrected chi connectivity index (χ1v) is 5.78. The van der Waals surface area contributed by atoms with Gasteiger partial charge in [0.15, 0.2) is 0 Å². The molecule has 0 spiro atoms. The van der Waals surface area contributed by atoms with Gasteiger partial charge in [0, 0.05) is 12.8 Å². The van der Waals surface area contributed by atoms with E-state index in [0.717, 1.165) is 18.4 Å². The Morgan fingerprint density at radius 3 is 2.53 bits per heavy atom. The third-order valence-corrected chi connectivity index (χ3v) is 2.60. The number of ketones is 1. The SMILES string of the molecule is CCCC(C)CC(=O)Cc1ccccc1. The van der Waals surface area contributed by atoms with Crippen molar-refractivity contribution in [3.63, 3.8) is 0 Å². The summed E-state index contributed by atoms with van der Waals surface area (Å²) < 4.78 is 0. The molecule has 0 fully saturated rings. The Bertz CT molecular complexity index is 289. The molecule has 0 saturated heterocycles. The number of carbonyl (C=O) groups excluding carboxylic acids is 1. The molecule has 0 aliphatic rings. The van der Waals surface area contributed by atoms with Crippen LogP contribution in [0.3, 0.4) is 0 Å². The Morgan fingerprint density at radius 2 is 1.93 bits per heavy atom. The molecule has 15 heavy (non-hydrogen) atoms. The van der Waals surface area contributed by atoms with E-state index in [-0.39, 0.29) is 0 Å². The van der Waals surface area contributed by atoms with Crippen LogP contribution in [0.15, 0.2) is 30.3 Å². The Balaban J connectivity index is 2.36. The molecular weight excluding hydrogens is 184 g/mol. The zero-order chi connectivity index (χ0) is 11.1. The van der Waals surface area contributed by atoms with Crippen LogP contribution in [0.2, 0.25) is 0 Å². The van der Waals surface area contributed by atoms with E-state index in [1.807, 2.05) is 30.3 Å². The van der Waals surface area contributed by atoms with Crippen LogP contribution >= 0.6 is 0 Å². The highest BCUT2D eigenvalue weighted by Crippen LogP contribution is 2.12. The van der Waals surface area contributed by atoms with Crippen molar-refractivity contribution >= 4 is 5.78 Å². The van der Waals surface area contributed by atoms with E-state index < -0.39 is 0 Å². The summed E-state index contributed by atoms with van der Waals surface area (Å²) >= 11 is 0. The third-order valence-electron chi connectivity index (χ3n) is 2.60. The normalized spacial score (nSPS) is 12.4. The quantitative estimate of drug-likeness (QED) is 0.691. The van der Waals surface area contributed by atoms with E-state index in [1.165, 1.54) is 6.42 Å². The first-order chi connectivity index (χ1) is 7.22. The Hall–Kier alpha value is -1.11.